The third kappa shape index (κ3) is 4.37. The van der Waals surface area contributed by atoms with Gasteiger partial charge in [-0.05, 0) is 24.3 Å². The van der Waals surface area contributed by atoms with E-state index >= 15 is 0 Å². The molecule has 0 radical (unpaired) electrons. The zero-order chi connectivity index (χ0) is 18.7. The molecule has 0 bridgehead atoms. The van der Waals surface area contributed by atoms with Crippen LogP contribution in [-0.4, -0.2) is 37.1 Å². The maximum Gasteiger partial charge on any atom is 0.416 e. The van der Waals surface area contributed by atoms with Crippen LogP contribution in [-0.2, 0) is 6.18 Å². The highest BCUT2D eigenvalue weighted by Gasteiger charge is 2.33. The van der Waals surface area contributed by atoms with Crippen molar-refractivity contribution < 1.29 is 22.9 Å². The number of benzene rings is 1. The average Bonchev–Trinajstić information content (AvgIpc) is 2.61. The van der Waals surface area contributed by atoms with Crippen molar-refractivity contribution in [2.24, 2.45) is 0 Å². The Hall–Kier alpha value is -2.48. The lowest BCUT2D eigenvalue weighted by Gasteiger charge is -2.31. The number of pyridine rings is 1. The fraction of sp³-hybridized carbons (Fsp3) is 0.294. The first-order valence-electron chi connectivity index (χ1n) is 7.98. The zero-order valence-corrected chi connectivity index (χ0v) is 14.4. The van der Waals surface area contributed by atoms with Crippen LogP contribution in [0.5, 0.6) is 0 Å². The molecule has 2 amide bonds. The van der Waals surface area contributed by atoms with Gasteiger partial charge >= 0.3 is 12.2 Å². The first-order valence-corrected chi connectivity index (χ1v) is 8.36. The van der Waals surface area contributed by atoms with Crippen molar-refractivity contribution in [1.82, 2.24) is 4.90 Å². The van der Waals surface area contributed by atoms with Crippen LogP contribution in [0.3, 0.4) is 0 Å². The Morgan fingerprint density at radius 1 is 1.12 bits per heavy atom. The highest BCUT2D eigenvalue weighted by atomic mass is 35.5. The summed E-state index contributed by atoms with van der Waals surface area (Å²) in [5, 5.41) is 3.28. The van der Waals surface area contributed by atoms with E-state index in [2.05, 4.69) is 10.3 Å². The molecule has 0 aliphatic carbocycles. The van der Waals surface area contributed by atoms with Gasteiger partial charge in [0.25, 0.3) is 5.82 Å². The van der Waals surface area contributed by atoms with Crippen molar-refractivity contribution >= 4 is 29.1 Å². The number of aromatic amines is 1. The van der Waals surface area contributed by atoms with Gasteiger partial charge in [-0.25, -0.2) is 9.78 Å². The molecule has 138 valence electrons. The van der Waals surface area contributed by atoms with Gasteiger partial charge in [-0.2, -0.15) is 13.2 Å². The molecule has 2 aromatic rings. The Bertz CT molecular complexity index is 792. The fourth-order valence-corrected chi connectivity index (χ4v) is 2.92. The summed E-state index contributed by atoms with van der Waals surface area (Å²) in [7, 11) is 0. The SMILES string of the molecule is O=C(Nc1cccc(Cl)c1)N1CCN(c2cc(C(F)(F)F)cc[nH+]2)CC1. The summed E-state index contributed by atoms with van der Waals surface area (Å²) in [6, 6.07) is 8.64. The third-order valence-electron chi connectivity index (χ3n) is 4.10. The predicted octanol–water partition coefficient (Wildman–Crippen LogP) is 3.53. The van der Waals surface area contributed by atoms with Crippen LogP contribution in [0.15, 0.2) is 42.6 Å². The number of piperazine rings is 1. The fourth-order valence-electron chi connectivity index (χ4n) is 2.73. The molecule has 5 nitrogen and oxygen atoms in total. The number of nitrogens with zero attached hydrogens (tertiary/aromatic N) is 2. The quantitative estimate of drug-likeness (QED) is 0.859. The lowest BCUT2D eigenvalue weighted by atomic mass is 10.2. The molecular weight excluding hydrogens is 369 g/mol. The van der Waals surface area contributed by atoms with Gasteiger partial charge in [-0.1, -0.05) is 17.7 Å². The molecule has 0 spiro atoms. The van der Waals surface area contributed by atoms with Crippen molar-refractivity contribution in [3.8, 4) is 0 Å². The van der Waals surface area contributed by atoms with E-state index < -0.39 is 11.7 Å². The van der Waals surface area contributed by atoms with Gasteiger partial charge < -0.3 is 10.2 Å². The van der Waals surface area contributed by atoms with Crippen LogP contribution in [0.2, 0.25) is 5.02 Å². The maximum absolute atomic E-state index is 12.8. The van der Waals surface area contributed by atoms with E-state index in [0.29, 0.717) is 42.7 Å². The summed E-state index contributed by atoms with van der Waals surface area (Å²) >= 11 is 5.89. The molecule has 3 rings (SSSR count). The summed E-state index contributed by atoms with van der Waals surface area (Å²) in [6.45, 7) is 1.66. The zero-order valence-electron chi connectivity index (χ0n) is 13.7. The van der Waals surface area contributed by atoms with Gasteiger partial charge in [0, 0.05) is 16.8 Å². The number of carbonyl (C=O) groups excluding carboxylic acids is 1. The second kappa shape index (κ2) is 7.41. The molecule has 1 aromatic carbocycles. The molecule has 2 N–H and O–H groups in total. The lowest BCUT2D eigenvalue weighted by Crippen LogP contribution is -2.51. The largest absolute Gasteiger partial charge is 0.416 e. The van der Waals surface area contributed by atoms with Crippen molar-refractivity contribution in [2.45, 2.75) is 6.18 Å². The maximum atomic E-state index is 12.8. The summed E-state index contributed by atoms with van der Waals surface area (Å²) in [6.07, 6.45) is -3.11. The van der Waals surface area contributed by atoms with Gasteiger partial charge in [0.15, 0.2) is 0 Å². The summed E-state index contributed by atoms with van der Waals surface area (Å²) < 4.78 is 38.5. The predicted molar refractivity (Wildman–Crippen MR) is 92.3 cm³/mol. The number of halogens is 4. The van der Waals surface area contributed by atoms with Crippen molar-refractivity contribution in [1.29, 1.82) is 0 Å². The molecule has 1 aromatic heterocycles. The summed E-state index contributed by atoms with van der Waals surface area (Å²) in [5.41, 5.74) is -0.108. The Morgan fingerprint density at radius 2 is 1.85 bits per heavy atom. The van der Waals surface area contributed by atoms with E-state index in [4.69, 9.17) is 11.6 Å². The molecule has 26 heavy (non-hydrogen) atoms. The first kappa shape index (κ1) is 18.3. The Balaban J connectivity index is 1.60. The van der Waals surface area contributed by atoms with E-state index in [9.17, 15) is 18.0 Å². The number of carbonyl (C=O) groups is 1. The minimum Gasteiger partial charge on any atom is -0.317 e. The topological polar surface area (TPSA) is 49.7 Å². The van der Waals surface area contributed by atoms with Crippen molar-refractivity contribution in [3.63, 3.8) is 0 Å². The normalized spacial score (nSPS) is 15.1. The minimum atomic E-state index is -4.39. The van der Waals surface area contributed by atoms with Gasteiger partial charge in [0.1, 0.15) is 13.1 Å². The van der Waals surface area contributed by atoms with Gasteiger partial charge in [-0.3, -0.25) is 4.90 Å². The number of rotatable bonds is 2. The van der Waals surface area contributed by atoms with Crippen LogP contribution < -0.4 is 15.2 Å². The standard InChI is InChI=1S/C17H16ClF3N4O/c18-13-2-1-3-14(11-13)23-16(26)25-8-6-24(7-9-25)15-10-12(4-5-22-15)17(19,20)21/h1-5,10-11H,6-9H2,(H,23,26)/p+1. The van der Waals surface area contributed by atoms with Crippen LogP contribution in [0.25, 0.3) is 0 Å². The second-order valence-electron chi connectivity index (χ2n) is 5.87. The number of urea groups is 1. The molecule has 2 heterocycles. The number of H-pyrrole nitrogens is 1. The molecule has 0 saturated carbocycles. The number of alkyl halides is 3. The number of hydrogen-bond acceptors (Lipinski definition) is 2. The molecular formula is C17H17ClF3N4O+. The first-order chi connectivity index (χ1) is 12.3. The van der Waals surface area contributed by atoms with Crippen LogP contribution in [0, 0.1) is 0 Å². The molecule has 0 unspecified atom stereocenters. The van der Waals surface area contributed by atoms with Gasteiger partial charge in [-0.15, -0.1) is 0 Å². The summed E-state index contributed by atoms with van der Waals surface area (Å²) in [4.78, 5) is 18.5. The monoisotopic (exact) mass is 385 g/mol. The van der Waals surface area contributed by atoms with Gasteiger partial charge in [0.05, 0.1) is 24.8 Å². The molecule has 9 heteroatoms. The van der Waals surface area contributed by atoms with E-state index in [-0.39, 0.29) is 6.03 Å². The highest BCUT2D eigenvalue weighted by molar-refractivity contribution is 6.30. The average molecular weight is 386 g/mol. The Kier molecular flexibility index (Phi) is 5.22. The van der Waals surface area contributed by atoms with Crippen molar-refractivity contribution in [3.05, 3.63) is 53.2 Å². The smallest absolute Gasteiger partial charge is 0.317 e. The van der Waals surface area contributed by atoms with E-state index in [1.54, 1.807) is 34.1 Å². The Morgan fingerprint density at radius 3 is 2.50 bits per heavy atom. The molecule has 0 atom stereocenters. The van der Waals surface area contributed by atoms with Crippen molar-refractivity contribution in [2.75, 3.05) is 36.4 Å². The number of nitrogens with one attached hydrogen (secondary N) is 2. The third-order valence-corrected chi connectivity index (χ3v) is 4.33. The minimum absolute atomic E-state index is 0.264. The number of hydrogen-bond donors (Lipinski definition) is 1. The van der Waals surface area contributed by atoms with Gasteiger partial charge in [0.2, 0.25) is 0 Å². The number of amides is 2. The molecule has 1 saturated heterocycles. The lowest BCUT2D eigenvalue weighted by molar-refractivity contribution is -0.365. The molecule has 1 aliphatic heterocycles. The summed E-state index contributed by atoms with van der Waals surface area (Å²) in [5.74, 6) is 0.384. The van der Waals surface area contributed by atoms with E-state index in [0.717, 1.165) is 12.1 Å². The number of aromatic nitrogens is 1. The van der Waals surface area contributed by atoms with Crippen LogP contribution in [0.4, 0.5) is 29.5 Å². The van der Waals surface area contributed by atoms with Crippen LogP contribution >= 0.6 is 11.6 Å². The van der Waals surface area contributed by atoms with E-state index in [1.165, 1.54) is 6.20 Å². The number of anilines is 2. The molecule has 1 aliphatic rings. The van der Waals surface area contributed by atoms with E-state index in [1.807, 2.05) is 0 Å². The molecule has 1 fully saturated rings. The highest BCUT2D eigenvalue weighted by Crippen LogP contribution is 2.30. The Labute approximate surface area is 153 Å². The van der Waals surface area contributed by atoms with Crippen LogP contribution in [0.1, 0.15) is 5.56 Å². The second-order valence-corrected chi connectivity index (χ2v) is 6.31.